The third kappa shape index (κ3) is 4.27. The Kier molecular flexibility index (Phi) is 5.76. The van der Waals surface area contributed by atoms with E-state index in [0.29, 0.717) is 15.9 Å². The maximum absolute atomic E-state index is 12.6. The molecule has 1 saturated heterocycles. The van der Waals surface area contributed by atoms with E-state index in [1.807, 2.05) is 54.6 Å². The van der Waals surface area contributed by atoms with Gasteiger partial charge in [-0.3, -0.25) is 9.69 Å². The molecule has 1 N–H and O–H groups in total. The molecule has 3 rings (SSSR count). The highest BCUT2D eigenvalue weighted by molar-refractivity contribution is 9.10. The summed E-state index contributed by atoms with van der Waals surface area (Å²) in [4.78, 5) is 14.8. The van der Waals surface area contributed by atoms with E-state index < -0.39 is 0 Å². The van der Waals surface area contributed by atoms with Crippen molar-refractivity contribution in [2.45, 2.75) is 0 Å². The summed E-state index contributed by atoms with van der Waals surface area (Å²) in [5.41, 5.74) is 1.90. The van der Waals surface area contributed by atoms with Crippen LogP contribution in [0.5, 0.6) is 0 Å². The molecule has 122 valence electrons. The normalized spacial score (nSPS) is 16.1. The number of anilines is 1. The van der Waals surface area contributed by atoms with Crippen molar-refractivity contribution in [3.8, 4) is 0 Å². The standard InChI is InChI=1S/C17H12Br2N2OS2/c18-12-4-6-14(7-5-12)20-10-21-16(22)15(24-17(21)23)9-11-2-1-3-13(19)8-11/h1-9,20H,10H2/b15-9+. The predicted octanol–water partition coefficient (Wildman–Crippen LogP) is 5.48. The van der Waals surface area contributed by atoms with Crippen LogP contribution in [0.1, 0.15) is 5.56 Å². The Morgan fingerprint density at radius 2 is 1.88 bits per heavy atom. The molecule has 3 nitrogen and oxygen atoms in total. The zero-order valence-electron chi connectivity index (χ0n) is 12.3. The van der Waals surface area contributed by atoms with Crippen LogP contribution in [0, 0.1) is 0 Å². The maximum atomic E-state index is 12.6. The Bertz CT molecular complexity index is 822. The number of hydrogen-bond acceptors (Lipinski definition) is 4. The van der Waals surface area contributed by atoms with E-state index in [0.717, 1.165) is 20.2 Å². The highest BCUT2D eigenvalue weighted by Gasteiger charge is 2.31. The minimum Gasteiger partial charge on any atom is -0.367 e. The van der Waals surface area contributed by atoms with Crippen LogP contribution in [0.3, 0.4) is 0 Å². The summed E-state index contributed by atoms with van der Waals surface area (Å²) in [5.74, 6) is -0.0745. The largest absolute Gasteiger partial charge is 0.367 e. The Balaban J connectivity index is 1.71. The van der Waals surface area contributed by atoms with Crippen molar-refractivity contribution < 1.29 is 4.79 Å². The number of benzene rings is 2. The lowest BCUT2D eigenvalue weighted by Gasteiger charge is -2.16. The van der Waals surface area contributed by atoms with Gasteiger partial charge in [-0.15, -0.1) is 0 Å². The summed E-state index contributed by atoms with van der Waals surface area (Å²) in [7, 11) is 0. The zero-order chi connectivity index (χ0) is 17.1. The molecule has 1 heterocycles. The molecule has 0 aliphatic carbocycles. The van der Waals surface area contributed by atoms with Crippen LogP contribution < -0.4 is 5.32 Å². The van der Waals surface area contributed by atoms with Gasteiger partial charge >= 0.3 is 0 Å². The molecule has 0 aromatic heterocycles. The fourth-order valence-electron chi connectivity index (χ4n) is 2.12. The van der Waals surface area contributed by atoms with Gasteiger partial charge in [0.25, 0.3) is 5.91 Å². The number of hydrogen-bond donors (Lipinski definition) is 1. The van der Waals surface area contributed by atoms with Crippen LogP contribution in [-0.2, 0) is 4.79 Å². The highest BCUT2D eigenvalue weighted by Crippen LogP contribution is 2.32. The molecule has 1 amide bonds. The van der Waals surface area contributed by atoms with Crippen molar-refractivity contribution in [3.05, 3.63) is 67.9 Å². The second-order valence-corrected chi connectivity index (χ2v) is 8.51. The summed E-state index contributed by atoms with van der Waals surface area (Å²) in [5, 5.41) is 3.22. The van der Waals surface area contributed by atoms with E-state index in [2.05, 4.69) is 37.2 Å². The van der Waals surface area contributed by atoms with Gasteiger partial charge < -0.3 is 5.32 Å². The summed E-state index contributed by atoms with van der Waals surface area (Å²) >= 11 is 13.5. The van der Waals surface area contributed by atoms with E-state index in [-0.39, 0.29) is 5.91 Å². The van der Waals surface area contributed by atoms with Crippen molar-refractivity contribution in [2.75, 3.05) is 12.0 Å². The molecule has 0 saturated carbocycles. The van der Waals surface area contributed by atoms with Gasteiger partial charge in [0, 0.05) is 14.6 Å². The molecular weight excluding hydrogens is 472 g/mol. The zero-order valence-corrected chi connectivity index (χ0v) is 17.1. The molecule has 24 heavy (non-hydrogen) atoms. The fraction of sp³-hybridized carbons (Fsp3) is 0.0588. The Labute approximate surface area is 166 Å². The number of halogens is 2. The number of nitrogens with zero attached hydrogens (tertiary/aromatic N) is 1. The first-order valence-electron chi connectivity index (χ1n) is 7.03. The van der Waals surface area contributed by atoms with Gasteiger partial charge in [-0.25, -0.2) is 0 Å². The third-order valence-electron chi connectivity index (χ3n) is 3.31. The van der Waals surface area contributed by atoms with Gasteiger partial charge in [0.15, 0.2) is 0 Å². The van der Waals surface area contributed by atoms with Gasteiger partial charge in [-0.2, -0.15) is 0 Å². The fourth-order valence-corrected chi connectivity index (χ4v) is 4.06. The number of rotatable bonds is 4. The van der Waals surface area contributed by atoms with Gasteiger partial charge in [-0.1, -0.05) is 68.0 Å². The number of carbonyl (C=O) groups is 1. The van der Waals surface area contributed by atoms with Crippen LogP contribution in [0.2, 0.25) is 0 Å². The van der Waals surface area contributed by atoms with E-state index >= 15 is 0 Å². The van der Waals surface area contributed by atoms with Gasteiger partial charge in [-0.05, 0) is 48.0 Å². The van der Waals surface area contributed by atoms with Crippen molar-refractivity contribution >= 4 is 77.8 Å². The Morgan fingerprint density at radius 1 is 1.12 bits per heavy atom. The first-order chi connectivity index (χ1) is 11.5. The lowest BCUT2D eigenvalue weighted by atomic mass is 10.2. The van der Waals surface area contributed by atoms with E-state index in [1.165, 1.54) is 11.8 Å². The lowest BCUT2D eigenvalue weighted by molar-refractivity contribution is -0.121. The monoisotopic (exact) mass is 482 g/mol. The molecule has 7 heteroatoms. The molecule has 1 fully saturated rings. The molecule has 2 aromatic rings. The SMILES string of the molecule is O=C1/C(=C\c2cccc(Br)c2)SC(=S)N1CNc1ccc(Br)cc1. The van der Waals surface area contributed by atoms with E-state index in [9.17, 15) is 4.79 Å². The minimum atomic E-state index is -0.0745. The van der Waals surface area contributed by atoms with Gasteiger partial charge in [0.05, 0.1) is 11.6 Å². The number of thiocarbonyl (C=S) groups is 1. The molecule has 2 aromatic carbocycles. The molecule has 0 spiro atoms. The third-order valence-corrected chi connectivity index (χ3v) is 5.71. The molecular formula is C17H12Br2N2OS2. The van der Waals surface area contributed by atoms with Crippen molar-refractivity contribution in [1.29, 1.82) is 0 Å². The molecule has 0 radical (unpaired) electrons. The first kappa shape index (κ1) is 17.7. The smallest absolute Gasteiger partial charge is 0.267 e. The van der Waals surface area contributed by atoms with Crippen LogP contribution >= 0.6 is 55.8 Å². The number of nitrogens with one attached hydrogen (secondary N) is 1. The summed E-state index contributed by atoms with van der Waals surface area (Å²) in [6.45, 7) is 0.349. The van der Waals surface area contributed by atoms with E-state index in [1.54, 1.807) is 4.90 Å². The average Bonchev–Trinajstić information content (AvgIpc) is 2.81. The van der Waals surface area contributed by atoms with Gasteiger partial charge in [0.1, 0.15) is 4.32 Å². The highest BCUT2D eigenvalue weighted by atomic mass is 79.9. The predicted molar refractivity (Wildman–Crippen MR) is 112 cm³/mol. The number of amides is 1. The quantitative estimate of drug-likeness (QED) is 0.460. The van der Waals surface area contributed by atoms with Crippen molar-refractivity contribution in [2.24, 2.45) is 0 Å². The Hall–Kier alpha value is -1.15. The molecule has 1 aliphatic heterocycles. The Morgan fingerprint density at radius 3 is 2.58 bits per heavy atom. The summed E-state index contributed by atoms with van der Waals surface area (Å²) in [6, 6.07) is 15.6. The van der Waals surface area contributed by atoms with Crippen molar-refractivity contribution in [3.63, 3.8) is 0 Å². The first-order valence-corrected chi connectivity index (χ1v) is 9.84. The van der Waals surface area contributed by atoms with Crippen LogP contribution in [-0.4, -0.2) is 21.8 Å². The lowest BCUT2D eigenvalue weighted by Crippen LogP contribution is -2.33. The topological polar surface area (TPSA) is 32.3 Å². The van der Waals surface area contributed by atoms with Crippen LogP contribution in [0.15, 0.2) is 62.4 Å². The molecule has 0 unspecified atom stereocenters. The second kappa shape index (κ2) is 7.82. The van der Waals surface area contributed by atoms with E-state index in [4.69, 9.17) is 12.2 Å². The van der Waals surface area contributed by atoms with Crippen LogP contribution in [0.25, 0.3) is 6.08 Å². The average molecular weight is 484 g/mol. The summed E-state index contributed by atoms with van der Waals surface area (Å²) < 4.78 is 2.55. The number of carbonyl (C=O) groups excluding carboxylic acids is 1. The summed E-state index contributed by atoms with van der Waals surface area (Å²) in [6.07, 6.45) is 1.86. The maximum Gasteiger partial charge on any atom is 0.267 e. The number of thioether (sulfide) groups is 1. The molecule has 1 aliphatic rings. The minimum absolute atomic E-state index is 0.0745. The van der Waals surface area contributed by atoms with Crippen molar-refractivity contribution in [1.82, 2.24) is 4.90 Å². The van der Waals surface area contributed by atoms with Gasteiger partial charge in [0.2, 0.25) is 0 Å². The second-order valence-electron chi connectivity index (χ2n) is 5.01. The van der Waals surface area contributed by atoms with Crippen LogP contribution in [0.4, 0.5) is 5.69 Å². The molecule has 0 bridgehead atoms. The molecule has 0 atom stereocenters.